The molecule has 0 unspecified atom stereocenters. The van der Waals surface area contributed by atoms with Crippen molar-refractivity contribution in [1.29, 1.82) is 0 Å². The fourth-order valence-electron chi connectivity index (χ4n) is 2.92. The second kappa shape index (κ2) is 8.49. The number of anilines is 1. The van der Waals surface area contributed by atoms with Crippen LogP contribution in [0.25, 0.3) is 0 Å². The topological polar surface area (TPSA) is 67.9 Å². The van der Waals surface area contributed by atoms with Crippen LogP contribution >= 0.6 is 0 Å². The minimum atomic E-state index is -0.660. The molecule has 1 aliphatic heterocycles. The van der Waals surface area contributed by atoms with Crippen LogP contribution in [0.5, 0.6) is 5.75 Å². The van der Waals surface area contributed by atoms with Gasteiger partial charge in [0.2, 0.25) is 0 Å². The van der Waals surface area contributed by atoms with E-state index >= 15 is 0 Å². The highest BCUT2D eigenvalue weighted by Crippen LogP contribution is 2.24. The molecule has 1 aliphatic rings. The molecule has 1 N–H and O–H groups in total. The molecule has 0 aromatic heterocycles. The summed E-state index contributed by atoms with van der Waals surface area (Å²) in [6, 6.07) is 15.0. The van der Waals surface area contributed by atoms with Crippen LogP contribution in [-0.4, -0.2) is 43.6 Å². The van der Waals surface area contributed by atoms with Gasteiger partial charge in [0.1, 0.15) is 12.4 Å². The van der Waals surface area contributed by atoms with Gasteiger partial charge in [-0.05, 0) is 29.7 Å². The Hall–Kier alpha value is -2.86. The standard InChI is InChI=1S/C20H22N2O4/c1-25-12-13-26-18-9-5-4-8-17(18)21-19(23)20(24)22-11-10-15-6-2-3-7-16(15)14-22/h2-9H,10-14H2,1H3,(H,21,23). The Morgan fingerprint density at radius 1 is 1.04 bits per heavy atom. The van der Waals surface area contributed by atoms with Gasteiger partial charge in [0.25, 0.3) is 0 Å². The zero-order valence-corrected chi connectivity index (χ0v) is 14.7. The van der Waals surface area contributed by atoms with Crippen molar-refractivity contribution in [1.82, 2.24) is 4.90 Å². The lowest BCUT2D eigenvalue weighted by Crippen LogP contribution is -2.42. The smallest absolute Gasteiger partial charge is 0.314 e. The molecular weight excluding hydrogens is 332 g/mol. The van der Waals surface area contributed by atoms with Crippen molar-refractivity contribution in [2.24, 2.45) is 0 Å². The third kappa shape index (κ3) is 4.21. The molecule has 2 aromatic carbocycles. The van der Waals surface area contributed by atoms with Gasteiger partial charge in [0.15, 0.2) is 0 Å². The van der Waals surface area contributed by atoms with Gasteiger partial charge in [-0.2, -0.15) is 0 Å². The van der Waals surface area contributed by atoms with Gasteiger partial charge in [-0.3, -0.25) is 9.59 Å². The van der Waals surface area contributed by atoms with E-state index in [0.717, 1.165) is 12.0 Å². The van der Waals surface area contributed by atoms with Crippen LogP contribution in [0.2, 0.25) is 0 Å². The molecule has 2 aromatic rings. The number of ether oxygens (including phenoxy) is 2. The van der Waals surface area contributed by atoms with Crippen molar-refractivity contribution < 1.29 is 19.1 Å². The molecule has 2 amide bonds. The van der Waals surface area contributed by atoms with Gasteiger partial charge in [-0.15, -0.1) is 0 Å². The highest BCUT2D eigenvalue weighted by Gasteiger charge is 2.26. The van der Waals surface area contributed by atoms with Crippen LogP contribution in [0, 0.1) is 0 Å². The maximum absolute atomic E-state index is 12.5. The van der Waals surface area contributed by atoms with Crippen molar-refractivity contribution in [3.05, 3.63) is 59.7 Å². The number of amides is 2. The number of nitrogens with zero attached hydrogens (tertiary/aromatic N) is 1. The Morgan fingerprint density at radius 2 is 1.77 bits per heavy atom. The maximum atomic E-state index is 12.5. The Balaban J connectivity index is 1.64. The molecule has 0 saturated heterocycles. The summed E-state index contributed by atoms with van der Waals surface area (Å²) in [6.07, 6.45) is 0.756. The monoisotopic (exact) mass is 354 g/mol. The zero-order chi connectivity index (χ0) is 18.4. The van der Waals surface area contributed by atoms with Crippen LogP contribution in [0.15, 0.2) is 48.5 Å². The Bertz CT molecular complexity index is 791. The number of rotatable bonds is 5. The summed E-state index contributed by atoms with van der Waals surface area (Å²) in [6.45, 7) is 1.79. The van der Waals surface area contributed by atoms with E-state index in [1.54, 1.807) is 36.3 Å². The zero-order valence-electron chi connectivity index (χ0n) is 14.7. The van der Waals surface area contributed by atoms with Crippen molar-refractivity contribution in [3.8, 4) is 5.75 Å². The first-order valence-electron chi connectivity index (χ1n) is 8.57. The number of para-hydroxylation sites is 2. The van der Waals surface area contributed by atoms with Gasteiger partial charge in [0, 0.05) is 20.2 Å². The lowest BCUT2D eigenvalue weighted by molar-refractivity contribution is -0.143. The van der Waals surface area contributed by atoms with Crippen LogP contribution in [0.1, 0.15) is 11.1 Å². The Kier molecular flexibility index (Phi) is 5.86. The van der Waals surface area contributed by atoms with Crippen LogP contribution in [0.3, 0.4) is 0 Å². The van der Waals surface area contributed by atoms with Crippen LogP contribution in [0.4, 0.5) is 5.69 Å². The maximum Gasteiger partial charge on any atom is 0.314 e. The summed E-state index contributed by atoms with van der Waals surface area (Å²) in [5.41, 5.74) is 2.79. The highest BCUT2D eigenvalue weighted by molar-refractivity contribution is 6.39. The average molecular weight is 354 g/mol. The highest BCUT2D eigenvalue weighted by atomic mass is 16.5. The number of carbonyl (C=O) groups excluding carboxylic acids is 2. The van der Waals surface area contributed by atoms with Crippen molar-refractivity contribution in [3.63, 3.8) is 0 Å². The molecule has 0 spiro atoms. The van der Waals surface area contributed by atoms with E-state index in [2.05, 4.69) is 11.4 Å². The Morgan fingerprint density at radius 3 is 2.58 bits per heavy atom. The average Bonchev–Trinajstić information content (AvgIpc) is 2.68. The quantitative estimate of drug-likeness (QED) is 0.660. The fraction of sp³-hybridized carbons (Fsp3) is 0.300. The minimum absolute atomic E-state index is 0.361. The van der Waals surface area contributed by atoms with E-state index < -0.39 is 11.8 Å². The molecule has 26 heavy (non-hydrogen) atoms. The SMILES string of the molecule is COCCOc1ccccc1NC(=O)C(=O)N1CCc2ccccc2C1. The summed E-state index contributed by atoms with van der Waals surface area (Å²) in [5.74, 6) is -0.687. The number of fused-ring (bicyclic) bond motifs is 1. The lowest BCUT2D eigenvalue weighted by Gasteiger charge is -2.28. The summed E-state index contributed by atoms with van der Waals surface area (Å²) < 4.78 is 10.5. The molecule has 0 radical (unpaired) electrons. The first kappa shape index (κ1) is 17.9. The van der Waals surface area contributed by atoms with Crippen molar-refractivity contribution in [2.45, 2.75) is 13.0 Å². The van der Waals surface area contributed by atoms with E-state index in [1.807, 2.05) is 18.2 Å². The van der Waals surface area contributed by atoms with E-state index in [4.69, 9.17) is 9.47 Å². The molecule has 0 aliphatic carbocycles. The minimum Gasteiger partial charge on any atom is -0.489 e. The molecule has 136 valence electrons. The lowest BCUT2D eigenvalue weighted by atomic mass is 10.00. The van der Waals surface area contributed by atoms with Crippen LogP contribution < -0.4 is 10.1 Å². The predicted octanol–water partition coefficient (Wildman–Crippen LogP) is 2.24. The number of methoxy groups -OCH3 is 1. The molecule has 3 rings (SSSR count). The molecule has 0 bridgehead atoms. The number of benzene rings is 2. The van der Waals surface area contributed by atoms with Crippen molar-refractivity contribution in [2.75, 3.05) is 32.2 Å². The molecule has 1 heterocycles. The third-order valence-electron chi connectivity index (χ3n) is 4.29. The number of hydrogen-bond donors (Lipinski definition) is 1. The van der Waals surface area contributed by atoms with E-state index in [1.165, 1.54) is 5.56 Å². The first-order chi connectivity index (χ1) is 12.7. The number of nitrogens with one attached hydrogen (secondary N) is 1. The predicted molar refractivity (Wildman–Crippen MR) is 98.0 cm³/mol. The fourth-order valence-corrected chi connectivity index (χ4v) is 2.92. The largest absolute Gasteiger partial charge is 0.489 e. The summed E-state index contributed by atoms with van der Waals surface area (Å²) in [5, 5.41) is 2.66. The van der Waals surface area contributed by atoms with E-state index in [9.17, 15) is 9.59 Å². The number of hydrogen-bond acceptors (Lipinski definition) is 4. The molecule has 6 nitrogen and oxygen atoms in total. The molecule has 0 fully saturated rings. The molecule has 0 atom stereocenters. The van der Waals surface area contributed by atoms with Gasteiger partial charge >= 0.3 is 11.8 Å². The summed E-state index contributed by atoms with van der Waals surface area (Å²) >= 11 is 0. The van der Waals surface area contributed by atoms with E-state index in [-0.39, 0.29) is 0 Å². The third-order valence-corrected chi connectivity index (χ3v) is 4.29. The van der Waals surface area contributed by atoms with Gasteiger partial charge in [0.05, 0.1) is 12.3 Å². The van der Waals surface area contributed by atoms with E-state index in [0.29, 0.717) is 37.7 Å². The number of carbonyl (C=O) groups is 2. The van der Waals surface area contributed by atoms with Gasteiger partial charge in [-0.1, -0.05) is 36.4 Å². The second-order valence-corrected chi connectivity index (χ2v) is 6.04. The molecule has 0 saturated carbocycles. The van der Waals surface area contributed by atoms with Crippen molar-refractivity contribution >= 4 is 17.5 Å². The molecule has 6 heteroatoms. The Labute approximate surface area is 152 Å². The summed E-state index contributed by atoms with van der Waals surface area (Å²) in [7, 11) is 1.59. The summed E-state index contributed by atoms with van der Waals surface area (Å²) in [4.78, 5) is 26.5. The van der Waals surface area contributed by atoms with Gasteiger partial charge < -0.3 is 19.7 Å². The van der Waals surface area contributed by atoms with Gasteiger partial charge in [-0.25, -0.2) is 0 Å². The first-order valence-corrected chi connectivity index (χ1v) is 8.57. The molecular formula is C20H22N2O4. The normalized spacial score (nSPS) is 13.0. The second-order valence-electron chi connectivity index (χ2n) is 6.04. The van der Waals surface area contributed by atoms with Crippen LogP contribution in [-0.2, 0) is 27.3 Å².